The minimum absolute atomic E-state index is 0.483. The molecule has 2 heterocycles. The lowest BCUT2D eigenvalue weighted by Gasteiger charge is -2.18. The van der Waals surface area contributed by atoms with Gasteiger partial charge in [-0.3, -0.25) is 0 Å². The van der Waals surface area contributed by atoms with Gasteiger partial charge in [-0.15, -0.1) is 11.3 Å². The number of aromatic nitrogens is 2. The minimum Gasteiger partial charge on any atom is -0.367 e. The van der Waals surface area contributed by atoms with Crippen LogP contribution in [0, 0.1) is 0 Å². The fourth-order valence-electron chi connectivity index (χ4n) is 2.20. The van der Waals surface area contributed by atoms with E-state index in [4.69, 9.17) is 0 Å². The summed E-state index contributed by atoms with van der Waals surface area (Å²) < 4.78 is 0. The summed E-state index contributed by atoms with van der Waals surface area (Å²) in [6.07, 6.45) is 4.54. The molecule has 0 bridgehead atoms. The SMILES string of the molecule is CCCNc1nc(NC(CC)CCC)c2ccsc2n1. The smallest absolute Gasteiger partial charge is 0.226 e. The lowest BCUT2D eigenvalue weighted by Crippen LogP contribution is -2.19. The lowest BCUT2D eigenvalue weighted by molar-refractivity contribution is 0.621. The van der Waals surface area contributed by atoms with Crippen molar-refractivity contribution in [2.45, 2.75) is 52.5 Å². The van der Waals surface area contributed by atoms with Crippen molar-refractivity contribution >= 4 is 33.3 Å². The summed E-state index contributed by atoms with van der Waals surface area (Å²) in [4.78, 5) is 10.3. The van der Waals surface area contributed by atoms with Gasteiger partial charge in [0.25, 0.3) is 0 Å². The van der Waals surface area contributed by atoms with E-state index in [0.717, 1.165) is 41.4 Å². The molecule has 0 radical (unpaired) electrons. The third-order valence-corrected chi connectivity index (χ3v) is 4.14. The van der Waals surface area contributed by atoms with Crippen LogP contribution in [0.2, 0.25) is 0 Å². The number of nitrogens with zero attached hydrogens (tertiary/aromatic N) is 2. The molecule has 2 aromatic heterocycles. The van der Waals surface area contributed by atoms with Gasteiger partial charge in [0, 0.05) is 12.6 Å². The molecular formula is C15H24N4S. The lowest BCUT2D eigenvalue weighted by atomic mass is 10.1. The Morgan fingerprint density at radius 3 is 2.75 bits per heavy atom. The van der Waals surface area contributed by atoms with Crippen LogP contribution in [0.3, 0.4) is 0 Å². The van der Waals surface area contributed by atoms with Crippen LogP contribution >= 0.6 is 11.3 Å². The van der Waals surface area contributed by atoms with E-state index in [1.165, 1.54) is 12.8 Å². The van der Waals surface area contributed by atoms with Gasteiger partial charge in [0.2, 0.25) is 5.95 Å². The van der Waals surface area contributed by atoms with Crippen LogP contribution in [-0.2, 0) is 0 Å². The third-order valence-electron chi connectivity index (χ3n) is 3.33. The van der Waals surface area contributed by atoms with Crippen molar-refractivity contribution in [3.05, 3.63) is 11.4 Å². The van der Waals surface area contributed by atoms with E-state index in [1.807, 2.05) is 0 Å². The van der Waals surface area contributed by atoms with Gasteiger partial charge in [-0.05, 0) is 30.7 Å². The summed E-state index contributed by atoms with van der Waals surface area (Å²) in [5, 5.41) is 10.1. The maximum atomic E-state index is 4.65. The summed E-state index contributed by atoms with van der Waals surface area (Å²) >= 11 is 1.67. The van der Waals surface area contributed by atoms with Crippen LogP contribution < -0.4 is 10.6 Å². The van der Waals surface area contributed by atoms with Crippen molar-refractivity contribution in [3.63, 3.8) is 0 Å². The topological polar surface area (TPSA) is 49.8 Å². The summed E-state index contributed by atoms with van der Waals surface area (Å²) in [5.74, 6) is 1.70. The fourth-order valence-corrected chi connectivity index (χ4v) is 2.97. The van der Waals surface area contributed by atoms with Crippen LogP contribution in [0.1, 0.15) is 46.5 Å². The Morgan fingerprint density at radius 2 is 2.05 bits per heavy atom. The molecule has 1 atom stereocenters. The third kappa shape index (κ3) is 3.60. The van der Waals surface area contributed by atoms with Gasteiger partial charge in [-0.2, -0.15) is 4.98 Å². The molecule has 0 aromatic carbocycles. The van der Waals surface area contributed by atoms with E-state index in [0.29, 0.717) is 6.04 Å². The van der Waals surface area contributed by atoms with Crippen molar-refractivity contribution in [3.8, 4) is 0 Å². The highest BCUT2D eigenvalue weighted by molar-refractivity contribution is 7.16. The maximum absolute atomic E-state index is 4.65. The number of hydrogen-bond acceptors (Lipinski definition) is 5. The van der Waals surface area contributed by atoms with Crippen LogP contribution in [0.25, 0.3) is 10.2 Å². The van der Waals surface area contributed by atoms with Crippen molar-refractivity contribution in [1.82, 2.24) is 9.97 Å². The van der Waals surface area contributed by atoms with Crippen molar-refractivity contribution in [1.29, 1.82) is 0 Å². The van der Waals surface area contributed by atoms with Gasteiger partial charge in [0.05, 0.1) is 5.39 Å². The molecule has 4 nitrogen and oxygen atoms in total. The molecule has 0 amide bonds. The number of thiophene rings is 1. The highest BCUT2D eigenvalue weighted by Crippen LogP contribution is 2.27. The second kappa shape index (κ2) is 7.43. The number of rotatable bonds is 8. The van der Waals surface area contributed by atoms with E-state index in [9.17, 15) is 0 Å². The summed E-state index contributed by atoms with van der Waals surface area (Å²) in [5.41, 5.74) is 0. The van der Waals surface area contributed by atoms with Gasteiger partial charge in [0.1, 0.15) is 10.6 Å². The van der Waals surface area contributed by atoms with E-state index >= 15 is 0 Å². The molecule has 0 aliphatic carbocycles. The average molecular weight is 292 g/mol. The zero-order valence-corrected chi connectivity index (χ0v) is 13.4. The van der Waals surface area contributed by atoms with Crippen molar-refractivity contribution in [2.75, 3.05) is 17.2 Å². The Balaban J connectivity index is 2.26. The Kier molecular flexibility index (Phi) is 5.59. The normalized spacial score (nSPS) is 12.6. The number of hydrogen-bond donors (Lipinski definition) is 2. The van der Waals surface area contributed by atoms with E-state index in [2.05, 4.69) is 52.8 Å². The molecular weight excluding hydrogens is 268 g/mol. The van der Waals surface area contributed by atoms with E-state index in [-0.39, 0.29) is 0 Å². The second-order valence-corrected chi connectivity index (χ2v) is 5.89. The molecule has 110 valence electrons. The van der Waals surface area contributed by atoms with Crippen LogP contribution in [0.5, 0.6) is 0 Å². The first-order valence-corrected chi connectivity index (χ1v) is 8.42. The number of anilines is 2. The molecule has 2 rings (SSSR count). The molecule has 5 heteroatoms. The highest BCUT2D eigenvalue weighted by atomic mass is 32.1. The first-order chi connectivity index (χ1) is 9.78. The second-order valence-electron chi connectivity index (χ2n) is 5.00. The molecule has 0 spiro atoms. The Bertz CT molecular complexity index is 538. The molecule has 0 aliphatic rings. The van der Waals surface area contributed by atoms with Crippen molar-refractivity contribution in [2.24, 2.45) is 0 Å². The maximum Gasteiger partial charge on any atom is 0.226 e. The Morgan fingerprint density at radius 1 is 1.20 bits per heavy atom. The molecule has 0 saturated heterocycles. The standard InChI is InChI=1S/C15H24N4S/c1-4-7-11(6-3)17-13-12-8-10-20-14(12)19-15(18-13)16-9-5-2/h8,10-11H,4-7,9H2,1-3H3,(H2,16,17,18,19). The van der Waals surface area contributed by atoms with Crippen LogP contribution in [0.15, 0.2) is 11.4 Å². The Hall–Kier alpha value is -1.36. The zero-order valence-electron chi connectivity index (χ0n) is 12.6. The molecule has 20 heavy (non-hydrogen) atoms. The predicted molar refractivity (Wildman–Crippen MR) is 88.8 cm³/mol. The molecule has 0 aliphatic heterocycles. The quantitative estimate of drug-likeness (QED) is 0.752. The monoisotopic (exact) mass is 292 g/mol. The zero-order chi connectivity index (χ0) is 14.4. The minimum atomic E-state index is 0.483. The van der Waals surface area contributed by atoms with Gasteiger partial charge < -0.3 is 10.6 Å². The molecule has 0 saturated carbocycles. The van der Waals surface area contributed by atoms with E-state index < -0.39 is 0 Å². The number of nitrogens with one attached hydrogen (secondary N) is 2. The first kappa shape index (κ1) is 15.0. The van der Waals surface area contributed by atoms with Crippen molar-refractivity contribution < 1.29 is 0 Å². The van der Waals surface area contributed by atoms with Gasteiger partial charge in [-0.1, -0.05) is 27.2 Å². The predicted octanol–water partition coefficient (Wildman–Crippen LogP) is 4.50. The first-order valence-electron chi connectivity index (χ1n) is 7.54. The van der Waals surface area contributed by atoms with E-state index in [1.54, 1.807) is 11.3 Å². The molecule has 2 aromatic rings. The fraction of sp³-hybridized carbons (Fsp3) is 0.600. The average Bonchev–Trinajstić information content (AvgIpc) is 2.93. The molecule has 2 N–H and O–H groups in total. The largest absolute Gasteiger partial charge is 0.367 e. The summed E-state index contributed by atoms with van der Waals surface area (Å²) in [6.45, 7) is 7.49. The highest BCUT2D eigenvalue weighted by Gasteiger charge is 2.12. The molecule has 1 unspecified atom stereocenters. The summed E-state index contributed by atoms with van der Waals surface area (Å²) in [6, 6.07) is 2.59. The molecule has 0 fully saturated rings. The number of fused-ring (bicyclic) bond motifs is 1. The van der Waals surface area contributed by atoms with Gasteiger partial charge in [0.15, 0.2) is 0 Å². The van der Waals surface area contributed by atoms with Crippen LogP contribution in [0.4, 0.5) is 11.8 Å². The summed E-state index contributed by atoms with van der Waals surface area (Å²) in [7, 11) is 0. The van der Waals surface area contributed by atoms with Crippen LogP contribution in [-0.4, -0.2) is 22.6 Å². The van der Waals surface area contributed by atoms with Gasteiger partial charge in [-0.25, -0.2) is 4.98 Å². The van der Waals surface area contributed by atoms with Gasteiger partial charge >= 0.3 is 0 Å². The Labute approximate surface area is 125 Å².